The molecule has 3 rings (SSSR count). The number of halogens is 3. The highest BCUT2D eigenvalue weighted by Crippen LogP contribution is 2.31. The number of para-hydroxylation sites is 1. The average Bonchev–Trinajstić information content (AvgIpc) is 2.87. The van der Waals surface area contributed by atoms with Crippen LogP contribution < -0.4 is 5.73 Å². The van der Waals surface area contributed by atoms with E-state index in [-0.39, 0.29) is 6.04 Å². The second-order valence-corrected chi connectivity index (χ2v) is 6.55. The van der Waals surface area contributed by atoms with Gasteiger partial charge >= 0.3 is 0 Å². The summed E-state index contributed by atoms with van der Waals surface area (Å²) >= 11 is 15.6. The van der Waals surface area contributed by atoms with Gasteiger partial charge in [-0.15, -0.1) is 0 Å². The molecule has 0 aliphatic heterocycles. The third-order valence-electron chi connectivity index (χ3n) is 3.34. The maximum atomic E-state index is 6.25. The van der Waals surface area contributed by atoms with Crippen LogP contribution in [-0.4, -0.2) is 0 Å². The zero-order chi connectivity index (χ0) is 15.0. The van der Waals surface area contributed by atoms with Crippen molar-refractivity contribution in [3.63, 3.8) is 0 Å². The lowest BCUT2D eigenvalue weighted by Gasteiger charge is -2.10. The number of nitrogens with two attached hydrogens (primary N) is 1. The van der Waals surface area contributed by atoms with Crippen LogP contribution in [0.3, 0.4) is 0 Å². The predicted octanol–water partition coefficient (Wildman–Crippen LogP) is 5.74. The Hall–Kier alpha value is -1.00. The maximum absolute atomic E-state index is 6.25. The molecule has 0 bridgehead atoms. The summed E-state index contributed by atoms with van der Waals surface area (Å²) in [5, 5.41) is 2.26. The van der Waals surface area contributed by atoms with Crippen LogP contribution in [0.5, 0.6) is 0 Å². The molecule has 1 aromatic heterocycles. The first kappa shape index (κ1) is 14.9. The molecule has 0 aliphatic carbocycles. The van der Waals surface area contributed by atoms with Gasteiger partial charge in [0.2, 0.25) is 0 Å². The first-order valence-electron chi connectivity index (χ1n) is 6.42. The molecule has 1 unspecified atom stereocenters. The number of hydrogen-bond donors (Lipinski definition) is 1. The van der Waals surface area contributed by atoms with Crippen molar-refractivity contribution >= 4 is 50.1 Å². The second-order valence-electron chi connectivity index (χ2n) is 4.85. The molecule has 0 amide bonds. The third kappa shape index (κ3) is 3.11. The Morgan fingerprint density at radius 2 is 1.95 bits per heavy atom. The number of furan rings is 1. The van der Waals surface area contributed by atoms with E-state index in [9.17, 15) is 0 Å². The minimum atomic E-state index is -0.261. The van der Waals surface area contributed by atoms with E-state index in [2.05, 4.69) is 15.9 Å². The van der Waals surface area contributed by atoms with E-state index < -0.39 is 0 Å². The first-order valence-corrected chi connectivity index (χ1v) is 7.97. The van der Waals surface area contributed by atoms with Crippen LogP contribution in [0.1, 0.15) is 17.4 Å². The highest BCUT2D eigenvalue weighted by atomic mass is 79.9. The van der Waals surface area contributed by atoms with Crippen molar-refractivity contribution in [1.29, 1.82) is 0 Å². The quantitative estimate of drug-likeness (QED) is 0.624. The number of fused-ring (bicyclic) bond motifs is 1. The fraction of sp³-hybridized carbons (Fsp3) is 0.125. The van der Waals surface area contributed by atoms with E-state index in [0.29, 0.717) is 16.5 Å². The van der Waals surface area contributed by atoms with Crippen LogP contribution in [0.15, 0.2) is 51.4 Å². The molecule has 1 heterocycles. The lowest BCUT2D eigenvalue weighted by atomic mass is 10.0. The zero-order valence-corrected chi connectivity index (χ0v) is 14.0. The number of hydrogen-bond acceptors (Lipinski definition) is 2. The SMILES string of the molecule is NC(Cc1ccc(Cl)cc1Cl)c1cc2cccc(Br)c2o1. The summed E-state index contributed by atoms with van der Waals surface area (Å²) in [6, 6.07) is 13.0. The molecule has 5 heteroatoms. The van der Waals surface area contributed by atoms with Crippen molar-refractivity contribution in [3.8, 4) is 0 Å². The molecular formula is C16H12BrCl2NO. The molecule has 2 nitrogen and oxygen atoms in total. The standard InChI is InChI=1S/C16H12BrCl2NO/c17-12-3-1-2-10-7-15(21-16(10)12)14(20)6-9-4-5-11(18)8-13(9)19/h1-5,7-8,14H,6,20H2. The van der Waals surface area contributed by atoms with Crippen molar-refractivity contribution in [2.75, 3.05) is 0 Å². The Morgan fingerprint density at radius 1 is 1.14 bits per heavy atom. The molecule has 2 N–H and O–H groups in total. The molecule has 3 aromatic rings. The topological polar surface area (TPSA) is 39.2 Å². The van der Waals surface area contributed by atoms with Gasteiger partial charge in [-0.1, -0.05) is 41.4 Å². The van der Waals surface area contributed by atoms with Gasteiger partial charge in [0.05, 0.1) is 10.5 Å². The van der Waals surface area contributed by atoms with Crippen molar-refractivity contribution in [2.24, 2.45) is 5.73 Å². The van der Waals surface area contributed by atoms with E-state index in [0.717, 1.165) is 26.8 Å². The molecule has 0 saturated heterocycles. The van der Waals surface area contributed by atoms with Gasteiger partial charge in [0, 0.05) is 15.4 Å². The van der Waals surface area contributed by atoms with Crippen LogP contribution in [0.25, 0.3) is 11.0 Å². The molecule has 0 saturated carbocycles. The monoisotopic (exact) mass is 383 g/mol. The van der Waals surface area contributed by atoms with E-state index in [1.807, 2.05) is 36.4 Å². The Kier molecular flexibility index (Phi) is 4.27. The summed E-state index contributed by atoms with van der Waals surface area (Å²) in [4.78, 5) is 0. The first-order chi connectivity index (χ1) is 10.0. The van der Waals surface area contributed by atoms with Gasteiger partial charge in [-0.05, 0) is 52.2 Å². The summed E-state index contributed by atoms with van der Waals surface area (Å²) in [5.74, 6) is 0.739. The van der Waals surface area contributed by atoms with Gasteiger partial charge < -0.3 is 10.2 Å². The fourth-order valence-corrected chi connectivity index (χ4v) is 3.20. The molecule has 0 aliphatic rings. The molecule has 1 atom stereocenters. The van der Waals surface area contributed by atoms with E-state index >= 15 is 0 Å². The van der Waals surface area contributed by atoms with Gasteiger partial charge in [-0.3, -0.25) is 0 Å². The molecule has 0 radical (unpaired) electrons. The molecular weight excluding hydrogens is 373 g/mol. The minimum Gasteiger partial charge on any atom is -0.458 e. The Balaban J connectivity index is 1.90. The summed E-state index contributed by atoms with van der Waals surface area (Å²) in [7, 11) is 0. The Labute approximate surface area is 141 Å². The summed E-state index contributed by atoms with van der Waals surface area (Å²) < 4.78 is 6.77. The van der Waals surface area contributed by atoms with E-state index in [4.69, 9.17) is 33.4 Å². The third-order valence-corrected chi connectivity index (χ3v) is 4.55. The largest absolute Gasteiger partial charge is 0.458 e. The highest BCUT2D eigenvalue weighted by Gasteiger charge is 2.15. The van der Waals surface area contributed by atoms with Gasteiger partial charge in [-0.2, -0.15) is 0 Å². The van der Waals surface area contributed by atoms with Gasteiger partial charge in [-0.25, -0.2) is 0 Å². The zero-order valence-electron chi connectivity index (χ0n) is 10.9. The van der Waals surface area contributed by atoms with Gasteiger partial charge in [0.25, 0.3) is 0 Å². The minimum absolute atomic E-state index is 0.261. The lowest BCUT2D eigenvalue weighted by molar-refractivity contribution is 0.493. The smallest absolute Gasteiger partial charge is 0.148 e. The summed E-state index contributed by atoms with van der Waals surface area (Å²) in [6.45, 7) is 0. The number of benzene rings is 2. The van der Waals surface area contributed by atoms with Crippen molar-refractivity contribution in [3.05, 3.63) is 68.3 Å². The second kappa shape index (κ2) is 6.01. The molecule has 0 fully saturated rings. The summed E-state index contributed by atoms with van der Waals surface area (Å²) in [5.41, 5.74) is 8.01. The van der Waals surface area contributed by atoms with E-state index in [1.165, 1.54) is 0 Å². The number of rotatable bonds is 3. The van der Waals surface area contributed by atoms with Crippen LogP contribution in [-0.2, 0) is 6.42 Å². The fourth-order valence-electron chi connectivity index (χ4n) is 2.25. The van der Waals surface area contributed by atoms with Crippen molar-refractivity contribution < 1.29 is 4.42 Å². The van der Waals surface area contributed by atoms with Crippen molar-refractivity contribution in [1.82, 2.24) is 0 Å². The highest BCUT2D eigenvalue weighted by molar-refractivity contribution is 9.10. The Morgan fingerprint density at radius 3 is 2.67 bits per heavy atom. The molecule has 2 aromatic carbocycles. The van der Waals surface area contributed by atoms with Gasteiger partial charge in [0.15, 0.2) is 0 Å². The Bertz CT molecular complexity index is 800. The molecule has 0 spiro atoms. The summed E-state index contributed by atoms with van der Waals surface area (Å²) in [6.07, 6.45) is 0.591. The van der Waals surface area contributed by atoms with Crippen LogP contribution in [0, 0.1) is 0 Å². The molecule has 108 valence electrons. The van der Waals surface area contributed by atoms with Crippen LogP contribution in [0.2, 0.25) is 10.0 Å². The van der Waals surface area contributed by atoms with Crippen LogP contribution >= 0.6 is 39.1 Å². The van der Waals surface area contributed by atoms with E-state index in [1.54, 1.807) is 6.07 Å². The van der Waals surface area contributed by atoms with Crippen LogP contribution in [0.4, 0.5) is 0 Å². The van der Waals surface area contributed by atoms with Crippen molar-refractivity contribution in [2.45, 2.75) is 12.5 Å². The van der Waals surface area contributed by atoms with Gasteiger partial charge in [0.1, 0.15) is 11.3 Å². The maximum Gasteiger partial charge on any atom is 0.148 e. The predicted molar refractivity (Wildman–Crippen MR) is 91.0 cm³/mol. The lowest BCUT2D eigenvalue weighted by Crippen LogP contribution is -2.12. The molecule has 21 heavy (non-hydrogen) atoms. The normalized spacial score (nSPS) is 12.8. The average molecular weight is 385 g/mol.